The molecule has 1 fully saturated rings. The molecule has 1 aliphatic carbocycles. The number of amides is 2. The molecule has 0 spiro atoms. The van der Waals surface area contributed by atoms with Crippen molar-refractivity contribution in [1.29, 1.82) is 0 Å². The minimum atomic E-state index is -0.454. The van der Waals surface area contributed by atoms with Crippen molar-refractivity contribution < 1.29 is 14.3 Å². The van der Waals surface area contributed by atoms with Crippen molar-refractivity contribution in [3.05, 3.63) is 42.2 Å². The van der Waals surface area contributed by atoms with Crippen molar-refractivity contribution in [2.24, 2.45) is 0 Å². The molecule has 0 saturated heterocycles. The van der Waals surface area contributed by atoms with Gasteiger partial charge in [0.2, 0.25) is 0 Å². The van der Waals surface area contributed by atoms with Crippen LogP contribution in [-0.2, 0) is 4.74 Å². The van der Waals surface area contributed by atoms with Gasteiger partial charge >= 0.3 is 12.0 Å². The third-order valence-corrected chi connectivity index (χ3v) is 3.35. The topological polar surface area (TPSA) is 85.2 Å². The van der Waals surface area contributed by atoms with Gasteiger partial charge < -0.3 is 15.4 Å². The maximum Gasteiger partial charge on any atom is 0.358 e. The summed E-state index contributed by atoms with van der Waals surface area (Å²) in [6.45, 7) is 2.05. The van der Waals surface area contributed by atoms with Crippen molar-refractivity contribution in [2.45, 2.75) is 25.8 Å². The van der Waals surface area contributed by atoms with Gasteiger partial charge in [-0.1, -0.05) is 6.07 Å². The van der Waals surface area contributed by atoms with Crippen molar-refractivity contribution in [2.75, 3.05) is 11.9 Å². The van der Waals surface area contributed by atoms with Crippen LogP contribution in [0.3, 0.4) is 0 Å². The zero-order valence-corrected chi connectivity index (χ0v) is 12.8. The van der Waals surface area contributed by atoms with Gasteiger partial charge in [0.05, 0.1) is 12.3 Å². The van der Waals surface area contributed by atoms with E-state index in [9.17, 15) is 9.59 Å². The molecule has 2 N–H and O–H groups in total. The van der Waals surface area contributed by atoms with Gasteiger partial charge in [-0.15, -0.1) is 0 Å². The van der Waals surface area contributed by atoms with Crippen LogP contribution >= 0.6 is 0 Å². The molecule has 23 heavy (non-hydrogen) atoms. The Morgan fingerprint density at radius 3 is 2.91 bits per heavy atom. The molecule has 0 unspecified atom stereocenters. The highest BCUT2D eigenvalue weighted by atomic mass is 16.5. The lowest BCUT2D eigenvalue weighted by atomic mass is 10.3. The number of rotatable bonds is 5. The Bertz CT molecular complexity index is 722. The maximum absolute atomic E-state index is 11.8. The van der Waals surface area contributed by atoms with Crippen molar-refractivity contribution in [3.8, 4) is 5.69 Å². The van der Waals surface area contributed by atoms with Crippen LogP contribution in [0.1, 0.15) is 30.3 Å². The number of carbonyl (C=O) groups excluding carboxylic acids is 2. The van der Waals surface area contributed by atoms with Crippen molar-refractivity contribution in [3.63, 3.8) is 0 Å². The molecule has 0 radical (unpaired) electrons. The molecular weight excluding hydrogens is 296 g/mol. The highest BCUT2D eigenvalue weighted by Crippen LogP contribution is 2.19. The van der Waals surface area contributed by atoms with Gasteiger partial charge in [-0.3, -0.25) is 0 Å². The number of nitrogens with zero attached hydrogens (tertiary/aromatic N) is 2. The number of benzene rings is 1. The predicted octanol–water partition coefficient (Wildman–Crippen LogP) is 2.33. The molecule has 1 saturated carbocycles. The first-order valence-corrected chi connectivity index (χ1v) is 7.56. The lowest BCUT2D eigenvalue weighted by molar-refractivity contribution is 0.0519. The van der Waals surface area contributed by atoms with Gasteiger partial charge in [0, 0.05) is 17.9 Å². The van der Waals surface area contributed by atoms with Gasteiger partial charge in [0.1, 0.15) is 0 Å². The fourth-order valence-corrected chi connectivity index (χ4v) is 2.09. The smallest absolute Gasteiger partial charge is 0.358 e. The monoisotopic (exact) mass is 314 g/mol. The summed E-state index contributed by atoms with van der Waals surface area (Å²) in [4.78, 5) is 23.4. The molecule has 1 aromatic heterocycles. The Hall–Kier alpha value is -2.83. The minimum Gasteiger partial charge on any atom is -0.461 e. The van der Waals surface area contributed by atoms with Gasteiger partial charge in [-0.2, -0.15) is 5.10 Å². The van der Waals surface area contributed by atoms with Crippen molar-refractivity contribution in [1.82, 2.24) is 15.1 Å². The summed E-state index contributed by atoms with van der Waals surface area (Å²) in [7, 11) is 0. The van der Waals surface area contributed by atoms with E-state index in [1.54, 1.807) is 36.0 Å². The van der Waals surface area contributed by atoms with Crippen LogP contribution in [0, 0.1) is 0 Å². The van der Waals surface area contributed by atoms with E-state index in [1.807, 2.05) is 12.1 Å². The van der Waals surface area contributed by atoms with E-state index in [1.165, 1.54) is 0 Å². The van der Waals surface area contributed by atoms with E-state index < -0.39 is 5.97 Å². The fourth-order valence-electron chi connectivity index (χ4n) is 2.09. The molecular formula is C16H18N4O3. The number of nitrogens with one attached hydrogen (secondary N) is 2. The van der Waals surface area contributed by atoms with Crippen LogP contribution in [0.5, 0.6) is 0 Å². The second-order valence-corrected chi connectivity index (χ2v) is 5.29. The van der Waals surface area contributed by atoms with Gasteiger partial charge in [-0.05, 0) is 44.0 Å². The third-order valence-electron chi connectivity index (χ3n) is 3.35. The number of ether oxygens (including phenoxy) is 1. The van der Waals surface area contributed by atoms with Gasteiger partial charge in [-0.25, -0.2) is 14.3 Å². The lowest BCUT2D eigenvalue weighted by Crippen LogP contribution is -2.30. The maximum atomic E-state index is 11.8. The van der Waals surface area contributed by atoms with Crippen LogP contribution in [-0.4, -0.2) is 34.4 Å². The Kier molecular flexibility index (Phi) is 4.27. The summed E-state index contributed by atoms with van der Waals surface area (Å²) in [6.07, 6.45) is 3.75. The molecule has 7 nitrogen and oxygen atoms in total. The van der Waals surface area contributed by atoms with E-state index in [-0.39, 0.29) is 11.7 Å². The normalized spacial score (nSPS) is 13.4. The SMILES string of the molecule is CCOC(=O)c1ccn(-c2cccc(NC(=O)NC3CC3)c2)n1. The zero-order valence-electron chi connectivity index (χ0n) is 12.8. The van der Waals surface area contributed by atoms with Crippen LogP contribution in [0.2, 0.25) is 0 Å². The molecule has 1 heterocycles. The zero-order chi connectivity index (χ0) is 16.2. The van der Waals surface area contributed by atoms with E-state index >= 15 is 0 Å². The lowest BCUT2D eigenvalue weighted by Gasteiger charge is -2.08. The molecule has 0 aliphatic heterocycles. The van der Waals surface area contributed by atoms with Crippen LogP contribution < -0.4 is 10.6 Å². The highest BCUT2D eigenvalue weighted by molar-refractivity contribution is 5.90. The van der Waals surface area contributed by atoms with Gasteiger partial charge in [0.25, 0.3) is 0 Å². The van der Waals surface area contributed by atoms with Crippen LogP contribution in [0.4, 0.5) is 10.5 Å². The van der Waals surface area contributed by atoms with Crippen LogP contribution in [0.25, 0.3) is 5.69 Å². The first kappa shape index (κ1) is 15.1. The number of anilines is 1. The molecule has 2 amide bonds. The average molecular weight is 314 g/mol. The molecule has 3 rings (SSSR count). The van der Waals surface area contributed by atoms with E-state index in [2.05, 4.69) is 15.7 Å². The standard InChI is InChI=1S/C16H18N4O3/c1-2-23-15(21)14-8-9-20(19-14)13-5-3-4-12(10-13)18-16(22)17-11-6-7-11/h3-5,8-11H,2,6-7H2,1H3,(H2,17,18,22). The Balaban J connectivity index is 1.71. The molecule has 0 atom stereocenters. The van der Waals surface area contributed by atoms with E-state index in [4.69, 9.17) is 4.74 Å². The second-order valence-electron chi connectivity index (χ2n) is 5.29. The minimum absolute atomic E-state index is 0.211. The number of esters is 1. The summed E-state index contributed by atoms with van der Waals surface area (Å²) in [6, 6.07) is 8.92. The average Bonchev–Trinajstić information content (AvgIpc) is 3.19. The summed E-state index contributed by atoms with van der Waals surface area (Å²) < 4.78 is 6.48. The first-order chi connectivity index (χ1) is 11.2. The number of carbonyl (C=O) groups is 2. The first-order valence-electron chi connectivity index (χ1n) is 7.56. The quantitative estimate of drug-likeness (QED) is 0.830. The molecule has 2 aromatic rings. The predicted molar refractivity (Wildman–Crippen MR) is 84.7 cm³/mol. The summed E-state index contributed by atoms with van der Waals surface area (Å²) >= 11 is 0. The second kappa shape index (κ2) is 6.51. The summed E-state index contributed by atoms with van der Waals surface area (Å²) in [5, 5.41) is 9.84. The Labute approximate surface area is 133 Å². The van der Waals surface area contributed by atoms with E-state index in [0.717, 1.165) is 18.5 Å². The molecule has 7 heteroatoms. The number of urea groups is 1. The number of aromatic nitrogens is 2. The van der Waals surface area contributed by atoms with Gasteiger partial charge in [0.15, 0.2) is 5.69 Å². The van der Waals surface area contributed by atoms with Crippen LogP contribution in [0.15, 0.2) is 36.5 Å². The Morgan fingerprint density at radius 1 is 1.35 bits per heavy atom. The number of hydrogen-bond donors (Lipinski definition) is 2. The van der Waals surface area contributed by atoms with Crippen molar-refractivity contribution >= 4 is 17.7 Å². The highest BCUT2D eigenvalue weighted by Gasteiger charge is 2.23. The fraction of sp³-hybridized carbons (Fsp3) is 0.312. The number of hydrogen-bond acceptors (Lipinski definition) is 4. The third kappa shape index (κ3) is 3.88. The summed E-state index contributed by atoms with van der Waals surface area (Å²) in [5.41, 5.74) is 1.65. The molecule has 1 aliphatic rings. The Morgan fingerprint density at radius 2 is 2.17 bits per heavy atom. The summed E-state index contributed by atoms with van der Waals surface area (Å²) in [5.74, 6) is -0.454. The van der Waals surface area contributed by atoms with E-state index in [0.29, 0.717) is 18.3 Å². The largest absolute Gasteiger partial charge is 0.461 e. The molecule has 1 aromatic carbocycles. The molecule has 0 bridgehead atoms. The molecule has 120 valence electrons.